The Labute approximate surface area is 170 Å². The number of hydrogen-bond acceptors (Lipinski definition) is 4. The third-order valence-corrected chi connectivity index (χ3v) is 5.40. The van der Waals surface area contributed by atoms with Crippen molar-refractivity contribution in [1.29, 1.82) is 0 Å². The molecule has 1 aliphatic heterocycles. The Kier molecular flexibility index (Phi) is 9.79. The minimum atomic E-state index is -0.783. The first-order valence-electron chi connectivity index (χ1n) is 11.0. The number of nitrogens with zero attached hydrogens (tertiary/aromatic N) is 1. The molecule has 1 fully saturated rings. The minimum Gasteiger partial charge on any atom is -0.494 e. The van der Waals surface area contributed by atoms with E-state index in [4.69, 9.17) is 9.47 Å². The average molecular weight is 391 g/mol. The predicted molar refractivity (Wildman–Crippen MR) is 115 cm³/mol. The van der Waals surface area contributed by atoms with Crippen molar-refractivity contribution in [1.82, 2.24) is 4.90 Å². The molecule has 5 heteroatoms. The van der Waals surface area contributed by atoms with Gasteiger partial charge in [-0.1, -0.05) is 26.2 Å². The lowest BCUT2D eigenvalue weighted by molar-refractivity contribution is -0.139. The first-order chi connectivity index (χ1) is 13.6. The zero-order chi connectivity index (χ0) is 20.2. The van der Waals surface area contributed by atoms with Crippen molar-refractivity contribution in [3.8, 4) is 5.75 Å². The van der Waals surface area contributed by atoms with E-state index in [2.05, 4.69) is 17.1 Å². The van der Waals surface area contributed by atoms with Crippen LogP contribution in [0.2, 0.25) is 0 Å². The number of unbranched alkanes of at least 4 members (excludes halogenated alkanes) is 2. The molecule has 1 aromatic rings. The fourth-order valence-corrected chi connectivity index (χ4v) is 3.66. The molecule has 1 aliphatic rings. The second kappa shape index (κ2) is 12.1. The highest BCUT2D eigenvalue weighted by atomic mass is 16.5. The molecule has 158 valence electrons. The molecule has 1 heterocycles. The van der Waals surface area contributed by atoms with Crippen molar-refractivity contribution in [2.75, 3.05) is 38.2 Å². The van der Waals surface area contributed by atoms with E-state index in [1.165, 1.54) is 25.9 Å². The predicted octanol–water partition coefficient (Wildman–Crippen LogP) is 4.87. The monoisotopic (exact) mass is 390 g/mol. The highest BCUT2D eigenvalue weighted by Gasteiger charge is 2.33. The third-order valence-electron chi connectivity index (χ3n) is 5.40. The summed E-state index contributed by atoms with van der Waals surface area (Å²) < 4.78 is 11.6. The maximum atomic E-state index is 12.8. The molecule has 1 atom stereocenters. The van der Waals surface area contributed by atoms with Crippen LogP contribution in [0.25, 0.3) is 0 Å². The van der Waals surface area contributed by atoms with Crippen LogP contribution in [0.5, 0.6) is 5.75 Å². The van der Waals surface area contributed by atoms with Gasteiger partial charge >= 0.3 is 0 Å². The molecule has 0 radical (unpaired) electrons. The first kappa shape index (κ1) is 22.7. The van der Waals surface area contributed by atoms with Crippen LogP contribution in [0.4, 0.5) is 5.69 Å². The fourth-order valence-electron chi connectivity index (χ4n) is 3.66. The second-order valence-corrected chi connectivity index (χ2v) is 7.85. The number of rotatable bonds is 13. The smallest absolute Gasteiger partial charge is 0.256 e. The van der Waals surface area contributed by atoms with Gasteiger partial charge in [0.2, 0.25) is 0 Å². The molecule has 5 nitrogen and oxygen atoms in total. The summed E-state index contributed by atoms with van der Waals surface area (Å²) in [6.45, 7) is 10.8. The molecule has 1 N–H and O–H groups in total. The molecule has 0 bridgehead atoms. The average Bonchev–Trinajstić information content (AvgIpc) is 3.20. The van der Waals surface area contributed by atoms with E-state index in [0.717, 1.165) is 56.7 Å². The standard InChI is InChI=1S/C23H38N2O3/c1-4-6-7-15-23(3,28-5-2)22(26)24-20-11-13-21(14-12-20)27-19-10-18-25-16-8-9-17-25/h11-14H,4-10,15-19H2,1-3H3,(H,24,26)/t23-/m0/s1. The lowest BCUT2D eigenvalue weighted by Crippen LogP contribution is -2.42. The quantitative estimate of drug-likeness (QED) is 0.489. The summed E-state index contributed by atoms with van der Waals surface area (Å²) in [5, 5.41) is 3.00. The number of nitrogens with one attached hydrogen (secondary N) is 1. The van der Waals surface area contributed by atoms with Gasteiger partial charge in [-0.25, -0.2) is 0 Å². The molecule has 0 aromatic heterocycles. The Morgan fingerprint density at radius 2 is 1.82 bits per heavy atom. The van der Waals surface area contributed by atoms with Crippen LogP contribution in [-0.4, -0.2) is 49.3 Å². The molecule has 1 saturated heterocycles. The second-order valence-electron chi connectivity index (χ2n) is 7.85. The third kappa shape index (κ3) is 7.44. The van der Waals surface area contributed by atoms with Gasteiger partial charge in [-0.15, -0.1) is 0 Å². The van der Waals surface area contributed by atoms with Crippen molar-refractivity contribution in [2.45, 2.75) is 71.3 Å². The molecule has 2 rings (SSSR count). The van der Waals surface area contributed by atoms with Crippen molar-refractivity contribution < 1.29 is 14.3 Å². The molecular weight excluding hydrogens is 352 g/mol. The highest BCUT2D eigenvalue weighted by Crippen LogP contribution is 2.23. The molecule has 1 aromatic carbocycles. The summed E-state index contributed by atoms with van der Waals surface area (Å²) in [5.41, 5.74) is -0.00915. The summed E-state index contributed by atoms with van der Waals surface area (Å²) in [5.74, 6) is 0.764. The van der Waals surface area contributed by atoms with Gasteiger partial charge in [-0.05, 0) is 76.9 Å². The zero-order valence-corrected chi connectivity index (χ0v) is 18.0. The highest BCUT2D eigenvalue weighted by molar-refractivity contribution is 5.97. The largest absolute Gasteiger partial charge is 0.494 e. The van der Waals surface area contributed by atoms with Crippen LogP contribution in [0.1, 0.15) is 65.7 Å². The van der Waals surface area contributed by atoms with Gasteiger partial charge in [0.15, 0.2) is 0 Å². The van der Waals surface area contributed by atoms with Crippen LogP contribution in [0.15, 0.2) is 24.3 Å². The van der Waals surface area contributed by atoms with Crippen molar-refractivity contribution in [3.63, 3.8) is 0 Å². The van der Waals surface area contributed by atoms with E-state index in [0.29, 0.717) is 6.61 Å². The summed E-state index contributed by atoms with van der Waals surface area (Å²) in [6, 6.07) is 7.62. The van der Waals surface area contributed by atoms with E-state index in [9.17, 15) is 4.79 Å². The Balaban J connectivity index is 1.78. The van der Waals surface area contributed by atoms with E-state index in [-0.39, 0.29) is 5.91 Å². The Hall–Kier alpha value is -1.59. The number of benzene rings is 1. The van der Waals surface area contributed by atoms with Crippen LogP contribution in [0.3, 0.4) is 0 Å². The van der Waals surface area contributed by atoms with Gasteiger partial charge in [0, 0.05) is 18.8 Å². The molecule has 0 unspecified atom stereocenters. The van der Waals surface area contributed by atoms with Gasteiger partial charge < -0.3 is 19.7 Å². The number of hydrogen-bond donors (Lipinski definition) is 1. The van der Waals surface area contributed by atoms with Gasteiger partial charge in [0.05, 0.1) is 6.61 Å². The number of ether oxygens (including phenoxy) is 2. The molecule has 1 amide bonds. The summed E-state index contributed by atoms with van der Waals surface area (Å²) >= 11 is 0. The number of amides is 1. The van der Waals surface area contributed by atoms with Crippen LogP contribution >= 0.6 is 0 Å². The number of anilines is 1. The maximum Gasteiger partial charge on any atom is 0.256 e. The Morgan fingerprint density at radius 1 is 1.11 bits per heavy atom. The van der Waals surface area contributed by atoms with Crippen molar-refractivity contribution >= 4 is 11.6 Å². The number of carbonyl (C=O) groups is 1. The van der Waals surface area contributed by atoms with Crippen molar-refractivity contribution in [3.05, 3.63) is 24.3 Å². The Morgan fingerprint density at radius 3 is 2.46 bits per heavy atom. The maximum absolute atomic E-state index is 12.8. The number of carbonyl (C=O) groups excluding carboxylic acids is 1. The molecular formula is C23H38N2O3. The summed E-state index contributed by atoms with van der Waals surface area (Å²) in [6.07, 6.45) is 7.67. The first-order valence-corrected chi connectivity index (χ1v) is 11.0. The zero-order valence-electron chi connectivity index (χ0n) is 18.0. The minimum absolute atomic E-state index is 0.0789. The topological polar surface area (TPSA) is 50.8 Å². The van der Waals surface area contributed by atoms with Crippen LogP contribution < -0.4 is 10.1 Å². The molecule has 0 aliphatic carbocycles. The molecule has 0 saturated carbocycles. The van der Waals surface area contributed by atoms with E-state index in [1.807, 2.05) is 38.1 Å². The number of likely N-dealkylation sites (tertiary alicyclic amines) is 1. The van der Waals surface area contributed by atoms with Gasteiger partial charge in [-0.2, -0.15) is 0 Å². The normalized spacial score (nSPS) is 16.7. The fraction of sp³-hybridized carbons (Fsp3) is 0.696. The lowest BCUT2D eigenvalue weighted by Gasteiger charge is -2.28. The molecule has 28 heavy (non-hydrogen) atoms. The van der Waals surface area contributed by atoms with E-state index in [1.54, 1.807) is 0 Å². The molecule has 0 spiro atoms. The van der Waals surface area contributed by atoms with E-state index >= 15 is 0 Å². The lowest BCUT2D eigenvalue weighted by atomic mass is 9.96. The summed E-state index contributed by atoms with van der Waals surface area (Å²) in [7, 11) is 0. The van der Waals surface area contributed by atoms with Gasteiger partial charge in [0.25, 0.3) is 5.91 Å². The Bertz CT molecular complexity index is 570. The van der Waals surface area contributed by atoms with Crippen LogP contribution in [0, 0.1) is 0 Å². The van der Waals surface area contributed by atoms with Gasteiger partial charge in [-0.3, -0.25) is 4.79 Å². The van der Waals surface area contributed by atoms with Crippen LogP contribution in [-0.2, 0) is 9.53 Å². The summed E-state index contributed by atoms with van der Waals surface area (Å²) in [4.78, 5) is 15.3. The van der Waals surface area contributed by atoms with Gasteiger partial charge in [0.1, 0.15) is 11.4 Å². The SMILES string of the molecule is CCCCC[C@](C)(OCC)C(=O)Nc1ccc(OCCCN2CCCC2)cc1. The van der Waals surface area contributed by atoms with E-state index < -0.39 is 5.60 Å². The van der Waals surface area contributed by atoms with Crippen molar-refractivity contribution in [2.24, 2.45) is 0 Å².